The predicted octanol–water partition coefficient (Wildman–Crippen LogP) is 3.30. The van der Waals surface area contributed by atoms with Crippen molar-refractivity contribution < 1.29 is 19.5 Å². The first-order valence-electron chi connectivity index (χ1n) is 2.62. The number of hydrogen-bond acceptors (Lipinski definition) is 0. The first-order chi connectivity index (χ1) is 4.22. The van der Waals surface area contributed by atoms with E-state index in [1.165, 1.54) is 0 Å². The normalized spacial score (nSPS) is 8.70. The van der Waals surface area contributed by atoms with Crippen molar-refractivity contribution >= 4 is 23.2 Å². The van der Waals surface area contributed by atoms with Gasteiger partial charge in [0.15, 0.2) is 0 Å². The molecular formula is C7H6Cl2Zn. The summed E-state index contributed by atoms with van der Waals surface area (Å²) in [5.41, 5.74) is 1.02. The fraction of sp³-hybridized carbons (Fsp3) is 0.143. The number of benzene rings is 1. The minimum absolute atomic E-state index is 0. The Hall–Kier alpha value is 0.423. The maximum atomic E-state index is 5.75. The average Bonchev–Trinajstić information content (AvgIpc) is 1.83. The molecule has 50 valence electrons. The van der Waals surface area contributed by atoms with Crippen molar-refractivity contribution in [2.24, 2.45) is 0 Å². The van der Waals surface area contributed by atoms with Crippen LogP contribution in [0.3, 0.4) is 0 Å². The monoisotopic (exact) mass is 224 g/mol. The Bertz CT molecular complexity index is 203. The molecule has 0 atom stereocenters. The van der Waals surface area contributed by atoms with Crippen LogP contribution in [0, 0.1) is 6.92 Å². The van der Waals surface area contributed by atoms with E-state index in [0.29, 0.717) is 10.0 Å². The van der Waals surface area contributed by atoms with Gasteiger partial charge in [0, 0.05) is 19.5 Å². The van der Waals surface area contributed by atoms with Crippen LogP contribution in [-0.4, -0.2) is 0 Å². The van der Waals surface area contributed by atoms with Crippen LogP contribution in [-0.2, 0) is 19.5 Å². The van der Waals surface area contributed by atoms with E-state index in [1.807, 2.05) is 19.1 Å². The van der Waals surface area contributed by atoms with E-state index in [1.54, 1.807) is 6.07 Å². The molecule has 3 heteroatoms. The molecule has 0 nitrogen and oxygen atoms in total. The minimum Gasteiger partial charge on any atom is -0.0827 e. The van der Waals surface area contributed by atoms with Crippen LogP contribution >= 0.6 is 23.2 Å². The molecule has 0 aliphatic rings. The van der Waals surface area contributed by atoms with Gasteiger partial charge in [-0.3, -0.25) is 0 Å². The number of rotatable bonds is 0. The zero-order valence-electron chi connectivity index (χ0n) is 5.70. The Morgan fingerprint density at radius 2 is 1.80 bits per heavy atom. The van der Waals surface area contributed by atoms with Crippen molar-refractivity contribution in [2.45, 2.75) is 6.92 Å². The van der Waals surface area contributed by atoms with E-state index in [9.17, 15) is 0 Å². The van der Waals surface area contributed by atoms with Crippen LogP contribution in [0.5, 0.6) is 0 Å². The van der Waals surface area contributed by atoms with E-state index < -0.39 is 0 Å². The van der Waals surface area contributed by atoms with Gasteiger partial charge in [-0.2, -0.15) is 0 Å². The largest absolute Gasteiger partial charge is 0.0827 e. The molecule has 0 spiro atoms. The van der Waals surface area contributed by atoms with Gasteiger partial charge in [-0.15, -0.1) is 0 Å². The van der Waals surface area contributed by atoms with Gasteiger partial charge in [0.05, 0.1) is 10.0 Å². The average molecular weight is 226 g/mol. The van der Waals surface area contributed by atoms with Gasteiger partial charge in [-0.1, -0.05) is 35.3 Å². The molecule has 10 heavy (non-hydrogen) atoms. The zero-order valence-corrected chi connectivity index (χ0v) is 10.2. The van der Waals surface area contributed by atoms with Crippen LogP contribution in [0.1, 0.15) is 5.56 Å². The molecule has 0 aromatic heterocycles. The molecule has 0 aliphatic carbocycles. The summed E-state index contributed by atoms with van der Waals surface area (Å²) in [6.45, 7) is 1.92. The fourth-order valence-corrected chi connectivity index (χ4v) is 0.959. The summed E-state index contributed by atoms with van der Waals surface area (Å²) in [5, 5.41) is 1.27. The summed E-state index contributed by atoms with van der Waals surface area (Å²) in [7, 11) is 0. The molecular weight excluding hydrogens is 220 g/mol. The number of hydrogen-bond donors (Lipinski definition) is 0. The third kappa shape index (κ3) is 2.23. The number of halogens is 2. The fourth-order valence-electron chi connectivity index (χ4n) is 0.612. The molecule has 0 bridgehead atoms. The first-order valence-corrected chi connectivity index (χ1v) is 3.38. The second-order valence-corrected chi connectivity index (χ2v) is 2.66. The van der Waals surface area contributed by atoms with E-state index in [0.717, 1.165) is 5.56 Å². The predicted molar refractivity (Wildman–Crippen MR) is 41.2 cm³/mol. The van der Waals surface area contributed by atoms with Crippen molar-refractivity contribution in [3.05, 3.63) is 33.8 Å². The van der Waals surface area contributed by atoms with Gasteiger partial charge in [-0.05, 0) is 18.6 Å². The second-order valence-electron chi connectivity index (χ2n) is 1.87. The molecule has 0 aliphatic heterocycles. The van der Waals surface area contributed by atoms with Gasteiger partial charge in [-0.25, -0.2) is 0 Å². The first kappa shape index (κ1) is 10.4. The molecule has 0 unspecified atom stereocenters. The van der Waals surface area contributed by atoms with Gasteiger partial charge >= 0.3 is 0 Å². The molecule has 0 saturated carbocycles. The number of aryl methyl sites for hydroxylation is 1. The summed E-state index contributed by atoms with van der Waals surface area (Å²) in [6.07, 6.45) is 0. The summed E-state index contributed by atoms with van der Waals surface area (Å²) >= 11 is 11.4. The van der Waals surface area contributed by atoms with Gasteiger partial charge in [0.25, 0.3) is 0 Å². The maximum Gasteiger partial charge on any atom is 0.0621 e. The minimum atomic E-state index is 0. The van der Waals surface area contributed by atoms with Crippen LogP contribution in [0.2, 0.25) is 10.0 Å². The summed E-state index contributed by atoms with van der Waals surface area (Å²) in [6, 6.07) is 5.58. The third-order valence-corrected chi connectivity index (χ3v) is 2.06. The van der Waals surface area contributed by atoms with Crippen molar-refractivity contribution in [2.75, 3.05) is 0 Å². The van der Waals surface area contributed by atoms with E-state index in [2.05, 4.69) is 0 Å². The van der Waals surface area contributed by atoms with Crippen molar-refractivity contribution in [1.82, 2.24) is 0 Å². The Morgan fingerprint density at radius 3 is 2.20 bits per heavy atom. The molecule has 0 radical (unpaired) electrons. The molecule has 1 aromatic rings. The summed E-state index contributed by atoms with van der Waals surface area (Å²) < 4.78 is 0. The van der Waals surface area contributed by atoms with Crippen molar-refractivity contribution in [3.8, 4) is 0 Å². The SMILES string of the molecule is Cc1cccc(Cl)c1Cl.[Zn]. The standard InChI is InChI=1S/C7H6Cl2.Zn/c1-5-3-2-4-6(8)7(5)9;/h2-4H,1H3;. The third-order valence-electron chi connectivity index (χ3n) is 1.14. The summed E-state index contributed by atoms with van der Waals surface area (Å²) in [4.78, 5) is 0. The molecule has 0 amide bonds. The van der Waals surface area contributed by atoms with Crippen LogP contribution in [0.25, 0.3) is 0 Å². The van der Waals surface area contributed by atoms with Crippen LogP contribution < -0.4 is 0 Å². The molecule has 0 heterocycles. The van der Waals surface area contributed by atoms with Gasteiger partial charge in [0.2, 0.25) is 0 Å². The zero-order chi connectivity index (χ0) is 6.85. The van der Waals surface area contributed by atoms with Gasteiger partial charge in [0.1, 0.15) is 0 Å². The Morgan fingerprint density at radius 1 is 1.20 bits per heavy atom. The molecule has 0 N–H and O–H groups in total. The van der Waals surface area contributed by atoms with E-state index in [-0.39, 0.29) is 19.5 Å². The van der Waals surface area contributed by atoms with Crippen molar-refractivity contribution in [1.29, 1.82) is 0 Å². The summed E-state index contributed by atoms with van der Waals surface area (Å²) in [5.74, 6) is 0. The molecule has 1 aromatic carbocycles. The van der Waals surface area contributed by atoms with E-state index >= 15 is 0 Å². The Kier molecular flexibility index (Phi) is 4.52. The van der Waals surface area contributed by atoms with E-state index in [4.69, 9.17) is 23.2 Å². The van der Waals surface area contributed by atoms with Gasteiger partial charge < -0.3 is 0 Å². The molecule has 1 rings (SSSR count). The quantitative estimate of drug-likeness (QED) is 0.596. The van der Waals surface area contributed by atoms with Crippen LogP contribution in [0.15, 0.2) is 18.2 Å². The smallest absolute Gasteiger partial charge is 0.0621 e. The molecule has 0 saturated heterocycles. The Labute approximate surface area is 83.3 Å². The Balaban J connectivity index is 0.000000810. The molecule has 0 fully saturated rings. The topological polar surface area (TPSA) is 0 Å². The van der Waals surface area contributed by atoms with Crippen LogP contribution in [0.4, 0.5) is 0 Å². The maximum absolute atomic E-state index is 5.75. The second kappa shape index (κ2) is 4.33. The van der Waals surface area contributed by atoms with Crippen molar-refractivity contribution in [3.63, 3.8) is 0 Å².